The number of hydrogen-bond donors (Lipinski definition) is 2. The lowest BCUT2D eigenvalue weighted by molar-refractivity contribution is 0.837. The van der Waals surface area contributed by atoms with E-state index in [1.807, 2.05) is 54.6 Å². The monoisotopic (exact) mass is 372 g/mol. The largest absolute Gasteiger partial charge is 0.332 e. The van der Waals surface area contributed by atoms with Crippen molar-refractivity contribution < 1.29 is 0 Å². The van der Waals surface area contributed by atoms with Crippen molar-refractivity contribution in [2.24, 2.45) is 0 Å². The quantitative estimate of drug-likeness (QED) is 0.483. The third-order valence-electron chi connectivity index (χ3n) is 4.46. The highest BCUT2D eigenvalue weighted by molar-refractivity contribution is 7.80. The zero-order valence-electron chi connectivity index (χ0n) is 15.0. The van der Waals surface area contributed by atoms with Crippen LogP contribution in [0.5, 0.6) is 0 Å². The lowest BCUT2D eigenvalue weighted by Gasteiger charge is -2.14. The summed E-state index contributed by atoms with van der Waals surface area (Å²) in [6.07, 6.45) is 0. The molecule has 1 aromatic heterocycles. The Morgan fingerprint density at radius 1 is 0.889 bits per heavy atom. The topological polar surface area (TPSA) is 41.9 Å². The van der Waals surface area contributed by atoms with E-state index < -0.39 is 0 Å². The van der Waals surface area contributed by atoms with Gasteiger partial charge in [0.25, 0.3) is 0 Å². The Kier molecular flexibility index (Phi) is 4.85. The second-order valence-electron chi connectivity index (χ2n) is 6.39. The van der Waals surface area contributed by atoms with Crippen LogP contribution >= 0.6 is 12.2 Å². The maximum Gasteiger partial charge on any atom is 0.210 e. The predicted octanol–water partition coefficient (Wildman–Crippen LogP) is 5.20. The van der Waals surface area contributed by atoms with Crippen LogP contribution in [0.3, 0.4) is 0 Å². The van der Waals surface area contributed by atoms with Gasteiger partial charge in [0.15, 0.2) is 5.11 Å². The molecule has 134 valence electrons. The molecule has 0 amide bonds. The standard InChI is InChI=1S/C22H20N4S/c1-16-9-5-6-12-18(16)24-22(27)25-21-23-19-13-7-8-14-20(19)26(21)15-17-10-3-2-4-11-17/h2-14H,15H2,1H3,(H2,23,24,25,27). The fourth-order valence-electron chi connectivity index (χ4n) is 3.07. The number of imidazole rings is 1. The van der Waals surface area contributed by atoms with Crippen LogP contribution in [-0.4, -0.2) is 14.7 Å². The third-order valence-corrected chi connectivity index (χ3v) is 4.66. The van der Waals surface area contributed by atoms with Gasteiger partial charge in [0.05, 0.1) is 17.6 Å². The molecule has 1 heterocycles. The molecule has 0 atom stereocenters. The zero-order chi connectivity index (χ0) is 18.6. The van der Waals surface area contributed by atoms with Crippen molar-refractivity contribution in [2.75, 3.05) is 10.6 Å². The van der Waals surface area contributed by atoms with Gasteiger partial charge in [0.1, 0.15) is 0 Å². The molecule has 0 radical (unpaired) electrons. The molecule has 0 bridgehead atoms. The number of nitrogens with one attached hydrogen (secondary N) is 2. The van der Waals surface area contributed by atoms with Crippen LogP contribution in [0.15, 0.2) is 78.9 Å². The molecular weight excluding hydrogens is 352 g/mol. The average molecular weight is 372 g/mol. The van der Waals surface area contributed by atoms with Crippen LogP contribution in [0.2, 0.25) is 0 Å². The zero-order valence-corrected chi connectivity index (χ0v) is 15.8. The molecule has 3 aromatic carbocycles. The normalized spacial score (nSPS) is 10.7. The first-order valence-corrected chi connectivity index (χ1v) is 9.24. The van der Waals surface area contributed by atoms with Gasteiger partial charge in [0, 0.05) is 5.69 Å². The Labute approximate surface area is 163 Å². The van der Waals surface area contributed by atoms with Crippen molar-refractivity contribution in [3.63, 3.8) is 0 Å². The van der Waals surface area contributed by atoms with Crippen LogP contribution in [-0.2, 0) is 6.54 Å². The van der Waals surface area contributed by atoms with Crippen LogP contribution in [0, 0.1) is 6.92 Å². The summed E-state index contributed by atoms with van der Waals surface area (Å²) in [7, 11) is 0. The van der Waals surface area contributed by atoms with Crippen LogP contribution in [0.25, 0.3) is 11.0 Å². The molecule has 0 aliphatic rings. The number of rotatable bonds is 4. The van der Waals surface area contributed by atoms with Gasteiger partial charge in [-0.3, -0.25) is 0 Å². The number of para-hydroxylation sites is 3. The third kappa shape index (κ3) is 3.83. The molecule has 0 fully saturated rings. The number of aromatic nitrogens is 2. The Balaban J connectivity index is 1.63. The molecule has 0 spiro atoms. The second-order valence-corrected chi connectivity index (χ2v) is 6.80. The molecular formula is C22H20N4S. The molecule has 0 aliphatic heterocycles. The summed E-state index contributed by atoms with van der Waals surface area (Å²) in [6.45, 7) is 2.77. The summed E-state index contributed by atoms with van der Waals surface area (Å²) in [6, 6.07) is 26.5. The van der Waals surface area contributed by atoms with E-state index in [-0.39, 0.29) is 0 Å². The van der Waals surface area contributed by atoms with Gasteiger partial charge in [-0.2, -0.15) is 0 Å². The van der Waals surface area contributed by atoms with Crippen molar-refractivity contribution in [2.45, 2.75) is 13.5 Å². The number of anilines is 2. The van der Waals surface area contributed by atoms with Gasteiger partial charge in [-0.1, -0.05) is 60.7 Å². The molecule has 4 nitrogen and oxygen atoms in total. The highest BCUT2D eigenvalue weighted by Gasteiger charge is 2.12. The Morgan fingerprint density at radius 2 is 1.59 bits per heavy atom. The number of aryl methyl sites for hydroxylation is 1. The number of benzene rings is 3. The van der Waals surface area contributed by atoms with Gasteiger partial charge in [-0.25, -0.2) is 4.98 Å². The average Bonchev–Trinajstić information content (AvgIpc) is 3.01. The van der Waals surface area contributed by atoms with Gasteiger partial charge in [0.2, 0.25) is 5.95 Å². The van der Waals surface area contributed by atoms with Crippen molar-refractivity contribution in [1.29, 1.82) is 0 Å². The van der Waals surface area contributed by atoms with Gasteiger partial charge < -0.3 is 15.2 Å². The van der Waals surface area contributed by atoms with E-state index in [1.54, 1.807) is 0 Å². The van der Waals surface area contributed by atoms with Gasteiger partial charge in [-0.05, 0) is 48.5 Å². The Hall–Kier alpha value is -3.18. The first-order chi connectivity index (χ1) is 13.2. The Bertz CT molecular complexity index is 1090. The maximum atomic E-state index is 5.53. The fourth-order valence-corrected chi connectivity index (χ4v) is 3.27. The molecule has 5 heteroatoms. The van der Waals surface area contributed by atoms with Crippen molar-refractivity contribution in [3.8, 4) is 0 Å². The van der Waals surface area contributed by atoms with Crippen molar-refractivity contribution >= 4 is 40.0 Å². The molecule has 27 heavy (non-hydrogen) atoms. The highest BCUT2D eigenvalue weighted by Crippen LogP contribution is 2.22. The SMILES string of the molecule is Cc1ccccc1NC(=S)Nc1nc2ccccc2n1Cc1ccccc1. The van der Waals surface area contributed by atoms with Crippen LogP contribution in [0.4, 0.5) is 11.6 Å². The van der Waals surface area contributed by atoms with Crippen molar-refractivity contribution in [3.05, 3.63) is 90.0 Å². The summed E-state index contributed by atoms with van der Waals surface area (Å²) in [5.41, 5.74) is 5.35. The number of fused-ring (bicyclic) bond motifs is 1. The molecule has 0 aliphatic carbocycles. The van der Waals surface area contributed by atoms with Gasteiger partial charge >= 0.3 is 0 Å². The van der Waals surface area contributed by atoms with E-state index in [9.17, 15) is 0 Å². The Morgan fingerprint density at radius 3 is 2.41 bits per heavy atom. The first kappa shape index (κ1) is 17.2. The lowest BCUT2D eigenvalue weighted by Crippen LogP contribution is -2.22. The van der Waals surface area contributed by atoms with Crippen LogP contribution in [0.1, 0.15) is 11.1 Å². The van der Waals surface area contributed by atoms with Crippen LogP contribution < -0.4 is 10.6 Å². The van der Waals surface area contributed by atoms with Gasteiger partial charge in [-0.15, -0.1) is 0 Å². The number of thiocarbonyl (C=S) groups is 1. The molecule has 4 aromatic rings. The fraction of sp³-hybridized carbons (Fsp3) is 0.0909. The minimum atomic E-state index is 0.522. The lowest BCUT2D eigenvalue weighted by atomic mass is 10.2. The summed E-state index contributed by atoms with van der Waals surface area (Å²) in [5.74, 6) is 0.728. The summed E-state index contributed by atoms with van der Waals surface area (Å²) in [4.78, 5) is 4.74. The molecule has 4 rings (SSSR count). The highest BCUT2D eigenvalue weighted by atomic mass is 32.1. The number of hydrogen-bond acceptors (Lipinski definition) is 2. The van der Waals surface area contributed by atoms with E-state index in [2.05, 4.69) is 46.4 Å². The van der Waals surface area contributed by atoms with E-state index in [0.29, 0.717) is 5.11 Å². The van der Waals surface area contributed by atoms with E-state index in [4.69, 9.17) is 17.2 Å². The summed E-state index contributed by atoms with van der Waals surface area (Å²) >= 11 is 5.53. The molecule has 0 unspecified atom stereocenters. The predicted molar refractivity (Wildman–Crippen MR) is 116 cm³/mol. The van der Waals surface area contributed by atoms with Crippen molar-refractivity contribution in [1.82, 2.24) is 9.55 Å². The minimum Gasteiger partial charge on any atom is -0.332 e. The van der Waals surface area contributed by atoms with E-state index >= 15 is 0 Å². The second kappa shape index (κ2) is 7.60. The minimum absolute atomic E-state index is 0.522. The molecule has 0 saturated heterocycles. The maximum absolute atomic E-state index is 5.53. The van der Waals surface area contributed by atoms with E-state index in [0.717, 1.165) is 34.8 Å². The van der Waals surface area contributed by atoms with E-state index in [1.165, 1.54) is 5.56 Å². The first-order valence-electron chi connectivity index (χ1n) is 8.83. The molecule has 2 N–H and O–H groups in total. The smallest absolute Gasteiger partial charge is 0.210 e. The molecule has 0 saturated carbocycles. The summed E-state index contributed by atoms with van der Waals surface area (Å²) in [5, 5.41) is 7.05. The number of nitrogens with zero attached hydrogens (tertiary/aromatic N) is 2. The summed E-state index contributed by atoms with van der Waals surface area (Å²) < 4.78 is 2.15.